The second-order valence-corrected chi connectivity index (χ2v) is 3.33. The van der Waals surface area contributed by atoms with Crippen molar-refractivity contribution in [2.75, 3.05) is 6.61 Å². The maximum Gasteiger partial charge on any atom is 0.304 e. The van der Waals surface area contributed by atoms with Crippen LogP contribution in [0, 0.1) is 0 Å². The molecule has 0 aromatic rings. The van der Waals surface area contributed by atoms with Gasteiger partial charge in [0.25, 0.3) is 0 Å². The van der Waals surface area contributed by atoms with E-state index in [0.29, 0.717) is 6.61 Å². The second kappa shape index (κ2) is 3.34. The van der Waals surface area contributed by atoms with Gasteiger partial charge >= 0.3 is 5.97 Å². The van der Waals surface area contributed by atoms with Gasteiger partial charge in [-0.2, -0.15) is 0 Å². The quantitative estimate of drug-likeness (QED) is 0.478. The predicted octanol–water partition coefficient (Wildman–Crippen LogP) is 1.06. The van der Waals surface area contributed by atoms with Crippen LogP contribution in [0.3, 0.4) is 0 Å². The highest BCUT2D eigenvalue weighted by atomic mass is 79.9. The maximum atomic E-state index is 10.4. The molecule has 1 rings (SSSR count). The third-order valence-corrected chi connectivity index (χ3v) is 2.14. The Labute approximate surface area is 67.8 Å². The topological polar surface area (TPSA) is 35.5 Å². The van der Waals surface area contributed by atoms with Gasteiger partial charge in [-0.15, -0.1) is 0 Å². The van der Waals surface area contributed by atoms with Gasteiger partial charge in [-0.25, -0.2) is 0 Å². The van der Waals surface area contributed by atoms with Crippen LogP contribution in [0.2, 0.25) is 0 Å². The predicted molar refractivity (Wildman–Crippen MR) is 38.8 cm³/mol. The fraction of sp³-hybridized carbons (Fsp3) is 0.833. The third-order valence-electron chi connectivity index (χ3n) is 1.25. The van der Waals surface area contributed by atoms with Crippen molar-refractivity contribution in [2.24, 2.45) is 0 Å². The number of hydrogen-bond donors (Lipinski definition) is 0. The molecule has 0 amide bonds. The molecular weight excluding hydrogens is 200 g/mol. The smallest absolute Gasteiger partial charge is 0.304 e. The zero-order valence-corrected chi connectivity index (χ0v) is 7.26. The summed E-state index contributed by atoms with van der Waals surface area (Å²) in [5, 5.41) is 0. The number of halogens is 1. The Bertz CT molecular complexity index is 137. The molecule has 0 bridgehead atoms. The summed E-state index contributed by atoms with van der Waals surface area (Å²) in [5.74, 6) is -0.295. The Balaban J connectivity index is 2.33. The van der Waals surface area contributed by atoms with Crippen molar-refractivity contribution in [3.8, 4) is 0 Å². The minimum absolute atomic E-state index is 0.163. The second-order valence-electron chi connectivity index (χ2n) is 2.15. The number of ether oxygens (including phenoxy) is 2. The minimum Gasteiger partial charge on any atom is -0.435 e. The maximum absolute atomic E-state index is 10.4. The van der Waals surface area contributed by atoms with Gasteiger partial charge in [0, 0.05) is 6.92 Å². The van der Waals surface area contributed by atoms with Crippen molar-refractivity contribution in [1.29, 1.82) is 0 Å². The Morgan fingerprint density at radius 1 is 1.80 bits per heavy atom. The first-order valence-electron chi connectivity index (χ1n) is 3.13. The first kappa shape index (κ1) is 8.01. The molecule has 3 nitrogen and oxygen atoms in total. The lowest BCUT2D eigenvalue weighted by molar-refractivity contribution is -0.166. The van der Waals surface area contributed by atoms with E-state index in [4.69, 9.17) is 9.47 Å². The molecule has 2 unspecified atom stereocenters. The average molecular weight is 209 g/mol. The van der Waals surface area contributed by atoms with E-state index in [2.05, 4.69) is 15.9 Å². The molecule has 2 atom stereocenters. The van der Waals surface area contributed by atoms with Gasteiger partial charge in [-0.3, -0.25) is 4.79 Å². The minimum atomic E-state index is -0.377. The first-order valence-corrected chi connectivity index (χ1v) is 4.04. The highest BCUT2D eigenvalue weighted by Crippen LogP contribution is 2.21. The van der Waals surface area contributed by atoms with Crippen LogP contribution in [0.15, 0.2) is 0 Å². The van der Waals surface area contributed by atoms with E-state index in [9.17, 15) is 4.79 Å². The zero-order valence-electron chi connectivity index (χ0n) is 5.67. The highest BCUT2D eigenvalue weighted by molar-refractivity contribution is 9.09. The van der Waals surface area contributed by atoms with Crippen LogP contribution in [0.5, 0.6) is 0 Å². The summed E-state index contributed by atoms with van der Waals surface area (Å²) < 4.78 is 9.90. The molecule has 4 heteroatoms. The van der Waals surface area contributed by atoms with Crippen LogP contribution >= 0.6 is 15.9 Å². The Hall–Kier alpha value is -0.0900. The van der Waals surface area contributed by atoms with Crippen LogP contribution in [-0.4, -0.2) is 23.7 Å². The van der Waals surface area contributed by atoms with E-state index in [1.165, 1.54) is 6.92 Å². The van der Waals surface area contributed by atoms with E-state index >= 15 is 0 Å². The van der Waals surface area contributed by atoms with Gasteiger partial charge in [0.1, 0.15) is 0 Å². The highest BCUT2D eigenvalue weighted by Gasteiger charge is 2.28. The molecule has 10 heavy (non-hydrogen) atoms. The fourth-order valence-corrected chi connectivity index (χ4v) is 1.26. The lowest BCUT2D eigenvalue weighted by Gasteiger charge is -2.11. The number of esters is 1. The van der Waals surface area contributed by atoms with Crippen LogP contribution in [0.4, 0.5) is 0 Å². The van der Waals surface area contributed by atoms with Crippen LogP contribution in [-0.2, 0) is 14.3 Å². The van der Waals surface area contributed by atoms with E-state index < -0.39 is 0 Å². The van der Waals surface area contributed by atoms with Gasteiger partial charge in [0.05, 0.1) is 11.4 Å². The molecule has 0 aromatic heterocycles. The van der Waals surface area contributed by atoms with Crippen LogP contribution in [0.25, 0.3) is 0 Å². The molecule has 0 saturated carbocycles. The lowest BCUT2D eigenvalue weighted by atomic mass is 10.4. The molecule has 1 aliphatic heterocycles. The lowest BCUT2D eigenvalue weighted by Crippen LogP contribution is -2.21. The summed E-state index contributed by atoms with van der Waals surface area (Å²) in [5.41, 5.74) is 0. The fourth-order valence-electron chi connectivity index (χ4n) is 0.809. The van der Waals surface area contributed by atoms with E-state index in [1.807, 2.05) is 0 Å². The summed E-state index contributed by atoms with van der Waals surface area (Å²) in [6, 6.07) is 0. The average Bonchev–Trinajstić information content (AvgIpc) is 2.15. The molecule has 58 valence electrons. The van der Waals surface area contributed by atoms with Crippen molar-refractivity contribution in [3.05, 3.63) is 0 Å². The van der Waals surface area contributed by atoms with Crippen LogP contribution < -0.4 is 0 Å². The summed E-state index contributed by atoms with van der Waals surface area (Å²) in [4.78, 5) is 10.6. The molecule has 1 saturated heterocycles. The standard InChI is InChI=1S/C6H9BrO3/c1-4(8)10-6-5(7)2-3-9-6/h5-6H,2-3H2,1H3. The number of rotatable bonds is 1. The molecule has 0 aliphatic carbocycles. The van der Waals surface area contributed by atoms with Crippen molar-refractivity contribution < 1.29 is 14.3 Å². The largest absolute Gasteiger partial charge is 0.435 e. The van der Waals surface area contributed by atoms with Crippen molar-refractivity contribution in [1.82, 2.24) is 0 Å². The Kier molecular flexibility index (Phi) is 2.68. The van der Waals surface area contributed by atoms with Gasteiger partial charge in [-0.05, 0) is 6.42 Å². The number of alkyl halides is 1. The molecule has 0 aromatic carbocycles. The van der Waals surface area contributed by atoms with Crippen molar-refractivity contribution >= 4 is 21.9 Å². The molecule has 0 N–H and O–H groups in total. The molecular formula is C6H9BrO3. The summed E-state index contributed by atoms with van der Waals surface area (Å²) in [7, 11) is 0. The number of hydrogen-bond acceptors (Lipinski definition) is 3. The van der Waals surface area contributed by atoms with Crippen molar-refractivity contribution in [3.63, 3.8) is 0 Å². The molecule has 0 spiro atoms. The number of carbonyl (C=O) groups is 1. The summed E-state index contributed by atoms with van der Waals surface area (Å²) in [6.45, 7) is 2.04. The van der Waals surface area contributed by atoms with E-state index in [1.54, 1.807) is 0 Å². The molecule has 0 radical (unpaired) electrons. The molecule has 1 fully saturated rings. The molecule has 1 aliphatic rings. The third kappa shape index (κ3) is 1.95. The summed E-state index contributed by atoms with van der Waals surface area (Å²) >= 11 is 3.33. The summed E-state index contributed by atoms with van der Waals surface area (Å²) in [6.07, 6.45) is 0.523. The SMILES string of the molecule is CC(=O)OC1OCCC1Br. The van der Waals surface area contributed by atoms with Crippen molar-refractivity contribution in [2.45, 2.75) is 24.5 Å². The van der Waals surface area contributed by atoms with Gasteiger partial charge < -0.3 is 9.47 Å². The Morgan fingerprint density at radius 2 is 2.50 bits per heavy atom. The monoisotopic (exact) mass is 208 g/mol. The van der Waals surface area contributed by atoms with E-state index in [-0.39, 0.29) is 17.1 Å². The first-order chi connectivity index (χ1) is 4.70. The molecule has 1 heterocycles. The van der Waals surface area contributed by atoms with Gasteiger partial charge in [-0.1, -0.05) is 15.9 Å². The normalized spacial score (nSPS) is 32.2. The van der Waals surface area contributed by atoms with Crippen LogP contribution in [0.1, 0.15) is 13.3 Å². The van der Waals surface area contributed by atoms with Gasteiger partial charge in [0.2, 0.25) is 6.29 Å². The number of carbonyl (C=O) groups excluding carboxylic acids is 1. The van der Waals surface area contributed by atoms with Gasteiger partial charge in [0.15, 0.2) is 0 Å². The zero-order chi connectivity index (χ0) is 7.56. The Morgan fingerprint density at radius 3 is 2.90 bits per heavy atom. The van der Waals surface area contributed by atoms with E-state index in [0.717, 1.165) is 6.42 Å².